The van der Waals surface area contributed by atoms with Gasteiger partial charge in [-0.05, 0) is 72.6 Å². The summed E-state index contributed by atoms with van der Waals surface area (Å²) in [4.78, 5) is 22.6. The highest BCUT2D eigenvalue weighted by Gasteiger charge is 2.14. The van der Waals surface area contributed by atoms with Crippen LogP contribution >= 0.6 is 0 Å². The van der Waals surface area contributed by atoms with Crippen molar-refractivity contribution in [2.45, 2.75) is 79.1 Å². The molecule has 0 aromatic heterocycles. The van der Waals surface area contributed by atoms with E-state index in [9.17, 15) is 9.59 Å². The predicted molar refractivity (Wildman–Crippen MR) is 132 cm³/mol. The Hall–Kier alpha value is -2.62. The lowest BCUT2D eigenvalue weighted by molar-refractivity contribution is -0.137. The molecule has 4 heteroatoms. The monoisotopic (exact) mass is 440 g/mol. The summed E-state index contributed by atoms with van der Waals surface area (Å²) in [6.45, 7) is 8.44. The molecule has 0 heterocycles. The van der Waals surface area contributed by atoms with Crippen LogP contribution in [0.5, 0.6) is 0 Å². The molecule has 0 radical (unpaired) electrons. The summed E-state index contributed by atoms with van der Waals surface area (Å²) in [5.74, 6) is -0.382. The number of ether oxygens (including phenoxy) is 2. The maximum absolute atomic E-state index is 11.4. The first-order chi connectivity index (χ1) is 15.3. The van der Waals surface area contributed by atoms with Crippen molar-refractivity contribution in [3.8, 4) is 0 Å². The summed E-state index contributed by atoms with van der Waals surface area (Å²) in [7, 11) is 2.86. The van der Waals surface area contributed by atoms with Crippen LogP contribution in [0.25, 0.3) is 0 Å². The maximum Gasteiger partial charge on any atom is 0.333 e. The van der Waals surface area contributed by atoms with Gasteiger partial charge in [-0.1, -0.05) is 58.7 Å². The number of hydrogen-bond donors (Lipinski definition) is 0. The maximum atomic E-state index is 11.4. The number of esters is 2. The van der Waals surface area contributed by atoms with Gasteiger partial charge in [0.25, 0.3) is 0 Å². The molecule has 0 atom stereocenters. The highest BCUT2D eigenvalue weighted by atomic mass is 16.5. The molecule has 0 fully saturated rings. The second-order valence-corrected chi connectivity index (χ2v) is 8.63. The second kappa shape index (κ2) is 15.2. The first-order valence-corrected chi connectivity index (χ1v) is 11.4. The first-order valence-electron chi connectivity index (χ1n) is 11.4. The Kier molecular flexibility index (Phi) is 13.0. The molecule has 176 valence electrons. The van der Waals surface area contributed by atoms with Gasteiger partial charge in [0.15, 0.2) is 0 Å². The molecule has 2 rings (SSSR count). The van der Waals surface area contributed by atoms with E-state index in [0.717, 1.165) is 62.5 Å². The van der Waals surface area contributed by atoms with E-state index in [1.807, 2.05) is 12.2 Å². The SMILES string of the molecule is COC(=O)C1=CCC(CCC=C(C)C)=CC1.COC(=O)C1=CCC=C(CCC=C(C)C)C1. The van der Waals surface area contributed by atoms with Crippen LogP contribution in [0.15, 0.2) is 69.9 Å². The van der Waals surface area contributed by atoms with Crippen LogP contribution in [-0.4, -0.2) is 26.2 Å². The van der Waals surface area contributed by atoms with Gasteiger partial charge in [0.2, 0.25) is 0 Å². The van der Waals surface area contributed by atoms with Gasteiger partial charge in [0.1, 0.15) is 0 Å². The van der Waals surface area contributed by atoms with Crippen LogP contribution in [0.1, 0.15) is 79.1 Å². The summed E-state index contributed by atoms with van der Waals surface area (Å²) >= 11 is 0. The Morgan fingerprint density at radius 3 is 1.81 bits per heavy atom. The van der Waals surface area contributed by atoms with Crippen molar-refractivity contribution in [3.05, 3.63) is 69.9 Å². The minimum atomic E-state index is -0.195. The minimum absolute atomic E-state index is 0.187. The summed E-state index contributed by atoms with van der Waals surface area (Å²) in [6, 6.07) is 0. The van der Waals surface area contributed by atoms with Crippen LogP contribution < -0.4 is 0 Å². The van der Waals surface area contributed by atoms with Crippen molar-refractivity contribution in [1.82, 2.24) is 0 Å². The van der Waals surface area contributed by atoms with E-state index in [4.69, 9.17) is 9.47 Å². The predicted octanol–water partition coefficient (Wildman–Crippen LogP) is 7.10. The fourth-order valence-electron chi connectivity index (χ4n) is 3.50. The van der Waals surface area contributed by atoms with E-state index < -0.39 is 0 Å². The normalized spacial score (nSPS) is 14.9. The average molecular weight is 441 g/mol. The van der Waals surface area contributed by atoms with E-state index in [0.29, 0.717) is 0 Å². The molecule has 2 aliphatic rings. The smallest absolute Gasteiger partial charge is 0.333 e. The Balaban J connectivity index is 0.000000320. The van der Waals surface area contributed by atoms with Gasteiger partial charge in [0, 0.05) is 17.6 Å². The summed E-state index contributed by atoms with van der Waals surface area (Å²) in [6.07, 6.45) is 20.3. The molecule has 0 spiro atoms. The Morgan fingerprint density at radius 2 is 1.31 bits per heavy atom. The third kappa shape index (κ3) is 11.1. The van der Waals surface area contributed by atoms with E-state index in [1.165, 1.54) is 36.5 Å². The zero-order valence-corrected chi connectivity index (χ0v) is 20.8. The molecule has 0 amide bonds. The lowest BCUT2D eigenvalue weighted by Crippen LogP contribution is -2.08. The lowest BCUT2D eigenvalue weighted by Gasteiger charge is -2.13. The van der Waals surface area contributed by atoms with E-state index in [2.05, 4.69) is 52.0 Å². The standard InChI is InChI=1S/2C14H20O2/c1-11(2)6-4-7-12-8-5-9-13(10-12)14(15)16-3;1-11(2)5-4-6-12-7-9-13(10-8-12)14(15)16-3/h6,8-9H,4-5,7,10H2,1-3H3;5,7,10H,4,6,8-9H2,1-3H3. The molecule has 0 saturated carbocycles. The zero-order chi connectivity index (χ0) is 23.9. The first kappa shape index (κ1) is 27.4. The second-order valence-electron chi connectivity index (χ2n) is 8.63. The number of methoxy groups -OCH3 is 2. The molecule has 4 nitrogen and oxygen atoms in total. The fraction of sp³-hybridized carbons (Fsp3) is 0.500. The molecule has 0 bridgehead atoms. The lowest BCUT2D eigenvalue weighted by atomic mass is 9.94. The van der Waals surface area contributed by atoms with Crippen molar-refractivity contribution < 1.29 is 19.1 Å². The molecule has 2 aliphatic carbocycles. The highest BCUT2D eigenvalue weighted by molar-refractivity contribution is 5.89. The van der Waals surface area contributed by atoms with Crippen molar-refractivity contribution in [2.75, 3.05) is 14.2 Å². The molecular formula is C28H40O4. The Bertz CT molecular complexity index is 823. The largest absolute Gasteiger partial charge is 0.466 e. The molecular weight excluding hydrogens is 400 g/mol. The fourth-order valence-corrected chi connectivity index (χ4v) is 3.50. The number of allylic oxidation sites excluding steroid dienone is 10. The summed E-state index contributed by atoms with van der Waals surface area (Å²) in [5.41, 5.74) is 7.07. The Morgan fingerprint density at radius 1 is 0.750 bits per heavy atom. The minimum Gasteiger partial charge on any atom is -0.466 e. The summed E-state index contributed by atoms with van der Waals surface area (Å²) < 4.78 is 9.43. The van der Waals surface area contributed by atoms with Crippen LogP contribution in [0.3, 0.4) is 0 Å². The summed E-state index contributed by atoms with van der Waals surface area (Å²) in [5, 5.41) is 0. The average Bonchev–Trinajstić information content (AvgIpc) is 2.78. The molecule has 0 aromatic carbocycles. The number of carbonyl (C=O) groups is 2. The quantitative estimate of drug-likeness (QED) is 0.298. The third-order valence-electron chi connectivity index (χ3n) is 5.34. The van der Waals surface area contributed by atoms with Gasteiger partial charge in [-0.25, -0.2) is 9.59 Å². The van der Waals surface area contributed by atoms with Crippen molar-refractivity contribution in [1.29, 1.82) is 0 Å². The third-order valence-corrected chi connectivity index (χ3v) is 5.34. The highest BCUT2D eigenvalue weighted by Crippen LogP contribution is 2.24. The van der Waals surface area contributed by atoms with E-state index in [-0.39, 0.29) is 11.9 Å². The Labute approximate surface area is 194 Å². The van der Waals surface area contributed by atoms with Gasteiger partial charge >= 0.3 is 11.9 Å². The van der Waals surface area contributed by atoms with Crippen LogP contribution in [-0.2, 0) is 19.1 Å². The molecule has 0 saturated heterocycles. The molecule has 0 aromatic rings. The number of carbonyl (C=O) groups excluding carboxylic acids is 2. The van der Waals surface area contributed by atoms with Crippen LogP contribution in [0.2, 0.25) is 0 Å². The van der Waals surface area contributed by atoms with Gasteiger partial charge < -0.3 is 9.47 Å². The number of hydrogen-bond acceptors (Lipinski definition) is 4. The van der Waals surface area contributed by atoms with Gasteiger partial charge in [-0.15, -0.1) is 0 Å². The van der Waals surface area contributed by atoms with Gasteiger partial charge in [0.05, 0.1) is 14.2 Å². The molecule has 0 unspecified atom stereocenters. The van der Waals surface area contributed by atoms with E-state index >= 15 is 0 Å². The van der Waals surface area contributed by atoms with E-state index in [1.54, 1.807) is 0 Å². The van der Waals surface area contributed by atoms with Crippen LogP contribution in [0.4, 0.5) is 0 Å². The van der Waals surface area contributed by atoms with Gasteiger partial charge in [-0.3, -0.25) is 0 Å². The molecule has 0 N–H and O–H groups in total. The van der Waals surface area contributed by atoms with Crippen LogP contribution in [0, 0.1) is 0 Å². The van der Waals surface area contributed by atoms with Crippen molar-refractivity contribution >= 4 is 11.9 Å². The van der Waals surface area contributed by atoms with Crippen molar-refractivity contribution in [3.63, 3.8) is 0 Å². The van der Waals surface area contributed by atoms with Crippen molar-refractivity contribution in [2.24, 2.45) is 0 Å². The zero-order valence-electron chi connectivity index (χ0n) is 20.8. The number of rotatable bonds is 8. The van der Waals surface area contributed by atoms with Gasteiger partial charge in [-0.2, -0.15) is 0 Å². The molecule has 0 aliphatic heterocycles. The topological polar surface area (TPSA) is 52.6 Å². The molecule has 32 heavy (non-hydrogen) atoms.